The van der Waals surface area contributed by atoms with Gasteiger partial charge in [0.2, 0.25) is 0 Å². The molecule has 0 radical (unpaired) electrons. The Morgan fingerprint density at radius 3 is 2.79 bits per heavy atom. The Morgan fingerprint density at radius 1 is 1.57 bits per heavy atom. The molecule has 0 aliphatic carbocycles. The Hall–Kier alpha value is -1.68. The Bertz CT molecular complexity index is 371. The van der Waals surface area contributed by atoms with Crippen LogP contribution in [0.2, 0.25) is 0 Å². The number of hydrogen-bond donors (Lipinski definition) is 1. The number of hydrogen-bond acceptors (Lipinski definition) is 3. The molecule has 0 unspecified atom stereocenters. The zero-order chi connectivity index (χ0) is 10.6. The minimum atomic E-state index is -0.434. The minimum absolute atomic E-state index is 0.0558. The van der Waals surface area contributed by atoms with Crippen LogP contribution in [0.25, 0.3) is 6.08 Å². The summed E-state index contributed by atoms with van der Waals surface area (Å²) < 4.78 is 0. The summed E-state index contributed by atoms with van der Waals surface area (Å²) in [5.74, 6) is 0. The second-order valence-corrected chi connectivity index (χ2v) is 2.96. The molecule has 0 spiro atoms. The Morgan fingerprint density at radius 2 is 2.21 bits per heavy atom. The number of nitro groups is 1. The van der Waals surface area contributed by atoms with Crippen molar-refractivity contribution in [2.24, 2.45) is 0 Å². The van der Waals surface area contributed by atoms with Gasteiger partial charge in [-0.3, -0.25) is 10.1 Å². The SMILES string of the molecule is C/C(=C\c1ccccc1[N+](=O)[O-])CO. The Labute approximate surface area is 81.6 Å². The number of para-hydroxylation sites is 1. The molecule has 1 aromatic carbocycles. The van der Waals surface area contributed by atoms with Crippen LogP contribution in [0.15, 0.2) is 29.8 Å². The van der Waals surface area contributed by atoms with Gasteiger partial charge in [-0.05, 0) is 24.6 Å². The van der Waals surface area contributed by atoms with Crippen LogP contribution in [0.3, 0.4) is 0 Å². The van der Waals surface area contributed by atoms with Gasteiger partial charge in [0.15, 0.2) is 0 Å². The molecule has 14 heavy (non-hydrogen) atoms. The molecule has 0 atom stereocenters. The fourth-order valence-corrected chi connectivity index (χ4v) is 1.09. The normalized spacial score (nSPS) is 11.4. The van der Waals surface area contributed by atoms with E-state index >= 15 is 0 Å². The molecule has 0 aromatic heterocycles. The number of aliphatic hydroxyl groups is 1. The van der Waals surface area contributed by atoms with Gasteiger partial charge in [-0.25, -0.2) is 0 Å². The van der Waals surface area contributed by atoms with Gasteiger partial charge in [-0.1, -0.05) is 12.1 Å². The maximum atomic E-state index is 10.6. The molecule has 1 rings (SSSR count). The fraction of sp³-hybridized carbons (Fsp3) is 0.200. The van der Waals surface area contributed by atoms with Crippen LogP contribution in [0.5, 0.6) is 0 Å². The molecule has 0 amide bonds. The fourth-order valence-electron chi connectivity index (χ4n) is 1.09. The van der Waals surface area contributed by atoms with E-state index in [-0.39, 0.29) is 12.3 Å². The molecule has 1 N–H and O–H groups in total. The number of benzene rings is 1. The van der Waals surface area contributed by atoms with Crippen molar-refractivity contribution in [3.63, 3.8) is 0 Å². The van der Waals surface area contributed by atoms with Crippen molar-refractivity contribution in [3.05, 3.63) is 45.5 Å². The van der Waals surface area contributed by atoms with Crippen molar-refractivity contribution in [1.82, 2.24) is 0 Å². The maximum Gasteiger partial charge on any atom is 0.276 e. The van der Waals surface area contributed by atoms with Crippen LogP contribution in [-0.2, 0) is 0 Å². The van der Waals surface area contributed by atoms with Crippen molar-refractivity contribution in [1.29, 1.82) is 0 Å². The molecule has 4 nitrogen and oxygen atoms in total. The van der Waals surface area contributed by atoms with Crippen molar-refractivity contribution in [2.45, 2.75) is 6.92 Å². The molecule has 1 aromatic rings. The first kappa shape index (κ1) is 10.4. The summed E-state index contributed by atoms with van der Waals surface area (Å²) in [5, 5.41) is 19.4. The van der Waals surface area contributed by atoms with Crippen LogP contribution < -0.4 is 0 Å². The summed E-state index contributed by atoms with van der Waals surface area (Å²) in [6.07, 6.45) is 1.61. The number of aliphatic hydroxyl groups excluding tert-OH is 1. The molecule has 4 heteroatoms. The third-order valence-corrected chi connectivity index (χ3v) is 1.78. The number of rotatable bonds is 3. The Balaban J connectivity index is 3.14. The van der Waals surface area contributed by atoms with Gasteiger partial charge in [0.05, 0.1) is 17.1 Å². The summed E-state index contributed by atoms with van der Waals surface area (Å²) in [5.41, 5.74) is 1.27. The van der Waals surface area contributed by atoms with Gasteiger partial charge >= 0.3 is 0 Å². The standard InChI is InChI=1S/C10H11NO3/c1-8(7-12)6-9-4-2-3-5-10(9)11(13)14/h2-6,12H,7H2,1H3/b8-6+. The average molecular weight is 193 g/mol. The van der Waals surface area contributed by atoms with Crippen molar-refractivity contribution >= 4 is 11.8 Å². The smallest absolute Gasteiger partial charge is 0.276 e. The van der Waals surface area contributed by atoms with Crippen LogP contribution in [0.1, 0.15) is 12.5 Å². The molecular formula is C10H11NO3. The van der Waals surface area contributed by atoms with Crippen molar-refractivity contribution in [3.8, 4) is 0 Å². The quantitative estimate of drug-likeness (QED) is 0.589. The van der Waals surface area contributed by atoms with Crippen molar-refractivity contribution in [2.75, 3.05) is 6.61 Å². The van der Waals surface area contributed by atoms with Gasteiger partial charge in [0.25, 0.3) is 5.69 Å². The largest absolute Gasteiger partial charge is 0.392 e. The van der Waals surface area contributed by atoms with Crippen LogP contribution in [-0.4, -0.2) is 16.6 Å². The number of nitrogens with zero attached hydrogens (tertiary/aromatic N) is 1. The average Bonchev–Trinajstić information content (AvgIpc) is 2.18. The summed E-state index contributed by atoms with van der Waals surface area (Å²) in [7, 11) is 0. The van der Waals surface area contributed by atoms with Crippen LogP contribution in [0.4, 0.5) is 5.69 Å². The van der Waals surface area contributed by atoms with E-state index in [1.807, 2.05) is 0 Å². The molecule has 0 aliphatic heterocycles. The monoisotopic (exact) mass is 193 g/mol. The lowest BCUT2D eigenvalue weighted by Crippen LogP contribution is -1.92. The molecule has 0 saturated carbocycles. The predicted molar refractivity (Wildman–Crippen MR) is 53.8 cm³/mol. The van der Waals surface area contributed by atoms with Gasteiger partial charge in [-0.2, -0.15) is 0 Å². The predicted octanol–water partition coefficient (Wildman–Crippen LogP) is 1.99. The second kappa shape index (κ2) is 4.53. The molecule has 0 saturated heterocycles. The van der Waals surface area contributed by atoms with Crippen LogP contribution >= 0.6 is 0 Å². The van der Waals surface area contributed by atoms with E-state index in [9.17, 15) is 10.1 Å². The summed E-state index contributed by atoms with van der Waals surface area (Å²) >= 11 is 0. The first-order valence-electron chi connectivity index (χ1n) is 4.16. The maximum absolute atomic E-state index is 10.6. The zero-order valence-electron chi connectivity index (χ0n) is 7.80. The third-order valence-electron chi connectivity index (χ3n) is 1.78. The first-order chi connectivity index (χ1) is 6.65. The second-order valence-electron chi connectivity index (χ2n) is 2.96. The van der Waals surface area contributed by atoms with Gasteiger partial charge < -0.3 is 5.11 Å². The van der Waals surface area contributed by atoms with E-state index in [1.54, 1.807) is 31.2 Å². The van der Waals surface area contributed by atoms with Gasteiger partial charge in [0.1, 0.15) is 0 Å². The highest BCUT2D eigenvalue weighted by Crippen LogP contribution is 2.20. The summed E-state index contributed by atoms with van der Waals surface area (Å²) in [4.78, 5) is 10.2. The number of nitro benzene ring substituents is 1. The lowest BCUT2D eigenvalue weighted by Gasteiger charge is -1.98. The summed E-state index contributed by atoms with van der Waals surface area (Å²) in [6.45, 7) is 1.63. The Kier molecular flexibility index (Phi) is 3.36. The highest BCUT2D eigenvalue weighted by atomic mass is 16.6. The highest BCUT2D eigenvalue weighted by molar-refractivity contribution is 5.62. The molecule has 0 bridgehead atoms. The molecule has 0 heterocycles. The van der Waals surface area contributed by atoms with E-state index in [4.69, 9.17) is 5.11 Å². The molecular weight excluding hydrogens is 182 g/mol. The highest BCUT2D eigenvalue weighted by Gasteiger charge is 2.09. The van der Waals surface area contributed by atoms with E-state index in [2.05, 4.69) is 0 Å². The minimum Gasteiger partial charge on any atom is -0.392 e. The third kappa shape index (κ3) is 2.40. The lowest BCUT2D eigenvalue weighted by molar-refractivity contribution is -0.385. The summed E-state index contributed by atoms with van der Waals surface area (Å²) in [6, 6.07) is 6.43. The van der Waals surface area contributed by atoms with Crippen molar-refractivity contribution < 1.29 is 10.0 Å². The van der Waals surface area contributed by atoms with Crippen LogP contribution in [0, 0.1) is 10.1 Å². The lowest BCUT2D eigenvalue weighted by atomic mass is 10.1. The van der Waals surface area contributed by atoms with E-state index in [0.717, 1.165) is 0 Å². The van der Waals surface area contributed by atoms with Gasteiger partial charge in [-0.15, -0.1) is 0 Å². The topological polar surface area (TPSA) is 63.4 Å². The first-order valence-corrected chi connectivity index (χ1v) is 4.16. The van der Waals surface area contributed by atoms with E-state index < -0.39 is 4.92 Å². The van der Waals surface area contributed by atoms with Gasteiger partial charge in [0, 0.05) is 6.07 Å². The molecule has 0 aliphatic rings. The van der Waals surface area contributed by atoms with E-state index in [0.29, 0.717) is 11.1 Å². The molecule has 0 fully saturated rings. The zero-order valence-corrected chi connectivity index (χ0v) is 7.80. The van der Waals surface area contributed by atoms with E-state index in [1.165, 1.54) is 6.07 Å². The molecule has 74 valence electrons.